The molecule has 0 fully saturated rings. The molecule has 0 spiro atoms. The van der Waals surface area contributed by atoms with E-state index in [9.17, 15) is 18.0 Å². The normalized spacial score (nSPS) is 17.2. The van der Waals surface area contributed by atoms with Gasteiger partial charge in [-0.05, 0) is 72.6 Å². The van der Waals surface area contributed by atoms with E-state index in [-0.39, 0.29) is 28.4 Å². The first-order valence-electron chi connectivity index (χ1n) is 8.99. The molecule has 0 unspecified atom stereocenters. The molecule has 1 aliphatic heterocycles. The molecule has 1 aliphatic rings. The molecule has 1 heterocycles. The molecular weight excluding hydrogens is 476 g/mol. The highest BCUT2D eigenvalue weighted by atomic mass is 79.9. The molecule has 2 aromatic rings. The minimum Gasteiger partial charge on any atom is -0.325 e. The summed E-state index contributed by atoms with van der Waals surface area (Å²) in [6.07, 6.45) is -0.183. The molecule has 0 aliphatic carbocycles. The SMILES string of the molecule is Cc1ccc(NC(=O)C[C@H](C)S(=O)(=O)c2ccc3c(c2)NC(=O)[C@H](C)S3)c(Br)c1. The summed E-state index contributed by atoms with van der Waals surface area (Å²) in [4.78, 5) is 25.2. The van der Waals surface area contributed by atoms with Crippen LogP contribution in [0, 0.1) is 6.92 Å². The van der Waals surface area contributed by atoms with Gasteiger partial charge in [-0.2, -0.15) is 0 Å². The van der Waals surface area contributed by atoms with Gasteiger partial charge in [0, 0.05) is 15.8 Å². The Kier molecular flexibility index (Phi) is 6.40. The van der Waals surface area contributed by atoms with Crippen molar-refractivity contribution in [2.45, 2.75) is 47.5 Å². The number of hydrogen-bond donors (Lipinski definition) is 2. The van der Waals surface area contributed by atoms with E-state index in [1.165, 1.54) is 30.8 Å². The number of hydrogen-bond acceptors (Lipinski definition) is 5. The average molecular weight is 497 g/mol. The first kappa shape index (κ1) is 21.9. The second kappa shape index (κ2) is 8.49. The molecule has 0 saturated carbocycles. The molecule has 2 N–H and O–H groups in total. The topological polar surface area (TPSA) is 92.3 Å². The minimum atomic E-state index is -3.74. The molecule has 3 rings (SSSR count). The molecule has 2 amide bonds. The number of benzene rings is 2. The average Bonchev–Trinajstić information content (AvgIpc) is 2.64. The largest absolute Gasteiger partial charge is 0.325 e. The van der Waals surface area contributed by atoms with E-state index in [0.29, 0.717) is 11.4 Å². The number of nitrogens with one attached hydrogen (secondary N) is 2. The third-order valence-electron chi connectivity index (χ3n) is 4.61. The van der Waals surface area contributed by atoms with Gasteiger partial charge in [-0.3, -0.25) is 9.59 Å². The van der Waals surface area contributed by atoms with Crippen LogP contribution in [0.2, 0.25) is 0 Å². The van der Waals surface area contributed by atoms with Crippen molar-refractivity contribution < 1.29 is 18.0 Å². The first-order valence-corrected chi connectivity index (χ1v) is 12.2. The lowest BCUT2D eigenvalue weighted by atomic mass is 10.2. The Morgan fingerprint density at radius 1 is 1.28 bits per heavy atom. The maximum atomic E-state index is 13.0. The van der Waals surface area contributed by atoms with E-state index in [2.05, 4.69) is 26.6 Å². The van der Waals surface area contributed by atoms with Crippen molar-refractivity contribution in [2.75, 3.05) is 10.6 Å². The van der Waals surface area contributed by atoms with E-state index in [0.717, 1.165) is 14.9 Å². The van der Waals surface area contributed by atoms with Gasteiger partial charge in [0.1, 0.15) is 0 Å². The van der Waals surface area contributed by atoms with Crippen LogP contribution in [0.15, 0.2) is 50.7 Å². The summed E-state index contributed by atoms with van der Waals surface area (Å²) >= 11 is 4.78. The summed E-state index contributed by atoms with van der Waals surface area (Å²) in [5.74, 6) is -0.547. The predicted molar refractivity (Wildman–Crippen MR) is 119 cm³/mol. The van der Waals surface area contributed by atoms with Crippen molar-refractivity contribution >= 4 is 60.7 Å². The first-order chi connectivity index (χ1) is 13.6. The Bertz CT molecular complexity index is 1090. The molecule has 6 nitrogen and oxygen atoms in total. The summed E-state index contributed by atoms with van der Waals surface area (Å²) < 4.78 is 26.6. The Hall–Kier alpha value is -1.84. The zero-order chi connectivity index (χ0) is 21.3. The van der Waals surface area contributed by atoms with Crippen LogP contribution in [0.1, 0.15) is 25.8 Å². The van der Waals surface area contributed by atoms with Crippen molar-refractivity contribution in [1.82, 2.24) is 0 Å². The standard InChI is InChI=1S/C20H21BrN2O4S2/c1-11-4-6-16(15(21)8-11)22-19(24)9-12(2)29(26,27)14-5-7-18-17(10-14)23-20(25)13(3)28-18/h4-8,10,12-13H,9H2,1-3H3,(H,22,24)(H,23,25)/t12-,13-/m0/s1. The fraction of sp³-hybridized carbons (Fsp3) is 0.300. The molecular formula is C20H21BrN2O4S2. The summed E-state index contributed by atoms with van der Waals surface area (Å²) in [5, 5.41) is 4.33. The maximum Gasteiger partial charge on any atom is 0.237 e. The van der Waals surface area contributed by atoms with Crippen LogP contribution in [0.3, 0.4) is 0 Å². The summed E-state index contributed by atoms with van der Waals surface area (Å²) in [6, 6.07) is 10.2. The third-order valence-corrected chi connectivity index (χ3v) is 8.58. The van der Waals surface area contributed by atoms with Crippen molar-refractivity contribution in [2.24, 2.45) is 0 Å². The highest BCUT2D eigenvalue weighted by Crippen LogP contribution is 2.37. The second-order valence-corrected chi connectivity index (χ2v) is 11.6. The number of fused-ring (bicyclic) bond motifs is 1. The smallest absolute Gasteiger partial charge is 0.237 e. The minimum absolute atomic E-state index is 0.0866. The Labute approximate surface area is 182 Å². The van der Waals surface area contributed by atoms with Gasteiger partial charge in [-0.1, -0.05) is 6.07 Å². The summed E-state index contributed by atoms with van der Waals surface area (Å²) in [7, 11) is -3.74. The Morgan fingerprint density at radius 2 is 2.00 bits per heavy atom. The Balaban J connectivity index is 1.74. The summed E-state index contributed by atoms with van der Waals surface area (Å²) in [5.41, 5.74) is 2.12. The molecule has 0 saturated heterocycles. The van der Waals surface area contributed by atoms with Crippen molar-refractivity contribution in [3.8, 4) is 0 Å². The van der Waals surface area contributed by atoms with Gasteiger partial charge in [0.05, 0.1) is 26.8 Å². The van der Waals surface area contributed by atoms with Crippen LogP contribution in [0.4, 0.5) is 11.4 Å². The van der Waals surface area contributed by atoms with Crippen LogP contribution in [-0.2, 0) is 19.4 Å². The lowest BCUT2D eigenvalue weighted by Gasteiger charge is -2.22. The fourth-order valence-corrected chi connectivity index (χ4v) is 5.79. The predicted octanol–water partition coefficient (Wildman–Crippen LogP) is 4.38. The quantitative estimate of drug-likeness (QED) is 0.640. The highest BCUT2D eigenvalue weighted by Gasteiger charge is 2.29. The van der Waals surface area contributed by atoms with E-state index in [4.69, 9.17) is 0 Å². The van der Waals surface area contributed by atoms with Crippen LogP contribution >= 0.6 is 27.7 Å². The monoisotopic (exact) mass is 496 g/mol. The van der Waals surface area contributed by atoms with Gasteiger partial charge in [0.2, 0.25) is 11.8 Å². The fourth-order valence-electron chi connectivity index (χ4n) is 2.89. The number of thioether (sulfide) groups is 1. The van der Waals surface area contributed by atoms with Gasteiger partial charge >= 0.3 is 0 Å². The lowest BCUT2D eigenvalue weighted by Crippen LogP contribution is -2.27. The van der Waals surface area contributed by atoms with Crippen LogP contribution < -0.4 is 10.6 Å². The molecule has 29 heavy (non-hydrogen) atoms. The Morgan fingerprint density at radius 3 is 2.69 bits per heavy atom. The van der Waals surface area contributed by atoms with Crippen molar-refractivity contribution in [3.63, 3.8) is 0 Å². The van der Waals surface area contributed by atoms with E-state index < -0.39 is 15.1 Å². The number of anilines is 2. The van der Waals surface area contributed by atoms with Gasteiger partial charge in [-0.15, -0.1) is 11.8 Å². The third kappa shape index (κ3) is 4.84. The van der Waals surface area contributed by atoms with Gasteiger partial charge in [0.15, 0.2) is 9.84 Å². The summed E-state index contributed by atoms with van der Waals surface area (Å²) in [6.45, 7) is 5.24. The molecule has 9 heteroatoms. The number of halogens is 1. The van der Waals surface area contributed by atoms with E-state index in [1.54, 1.807) is 19.1 Å². The zero-order valence-electron chi connectivity index (χ0n) is 16.2. The van der Waals surface area contributed by atoms with Crippen molar-refractivity contribution in [3.05, 3.63) is 46.4 Å². The van der Waals surface area contributed by atoms with Crippen LogP contribution in [0.25, 0.3) is 0 Å². The number of amides is 2. The molecule has 2 atom stereocenters. The molecule has 154 valence electrons. The lowest BCUT2D eigenvalue weighted by molar-refractivity contribution is -0.116. The van der Waals surface area contributed by atoms with Gasteiger partial charge < -0.3 is 10.6 Å². The number of carbonyl (C=O) groups excluding carboxylic acids is 2. The molecule has 0 radical (unpaired) electrons. The molecule has 0 aromatic heterocycles. The van der Waals surface area contributed by atoms with E-state index in [1.807, 2.05) is 19.1 Å². The number of aryl methyl sites for hydroxylation is 1. The highest BCUT2D eigenvalue weighted by molar-refractivity contribution is 9.10. The maximum absolute atomic E-state index is 13.0. The number of sulfone groups is 1. The number of rotatable bonds is 5. The molecule has 2 aromatic carbocycles. The van der Waals surface area contributed by atoms with Crippen molar-refractivity contribution in [1.29, 1.82) is 0 Å². The van der Waals surface area contributed by atoms with Crippen LogP contribution in [-0.4, -0.2) is 30.7 Å². The molecule has 0 bridgehead atoms. The second-order valence-electron chi connectivity index (χ2n) is 7.00. The zero-order valence-corrected chi connectivity index (χ0v) is 19.4. The van der Waals surface area contributed by atoms with Gasteiger partial charge in [0.25, 0.3) is 0 Å². The van der Waals surface area contributed by atoms with Crippen LogP contribution in [0.5, 0.6) is 0 Å². The van der Waals surface area contributed by atoms with Gasteiger partial charge in [-0.25, -0.2) is 8.42 Å². The van der Waals surface area contributed by atoms with E-state index >= 15 is 0 Å². The number of carbonyl (C=O) groups is 2.